The molecule has 1 fully saturated rings. The fraction of sp³-hybridized carbons (Fsp3) is 0.267. The third-order valence-electron chi connectivity index (χ3n) is 6.86. The van der Waals surface area contributed by atoms with Gasteiger partial charge in [0.05, 0.1) is 18.2 Å². The van der Waals surface area contributed by atoms with E-state index in [4.69, 9.17) is 0 Å². The van der Waals surface area contributed by atoms with Crippen LogP contribution in [0.1, 0.15) is 37.8 Å². The van der Waals surface area contributed by atoms with E-state index in [0.717, 1.165) is 0 Å². The van der Waals surface area contributed by atoms with E-state index in [2.05, 4.69) is 6.07 Å². The van der Waals surface area contributed by atoms with Gasteiger partial charge in [0.1, 0.15) is 0 Å². The molecule has 1 aliphatic heterocycles. The van der Waals surface area contributed by atoms with Gasteiger partial charge in [-0.15, -0.1) is 0 Å². The average Bonchev–Trinajstić information content (AvgIpc) is 2.92. The van der Waals surface area contributed by atoms with Gasteiger partial charge in [-0.2, -0.15) is 5.26 Å². The van der Waals surface area contributed by atoms with Crippen LogP contribution in [0.2, 0.25) is 0 Å². The van der Waals surface area contributed by atoms with E-state index in [1.165, 1.54) is 4.90 Å². The summed E-state index contributed by atoms with van der Waals surface area (Å²) in [6.45, 7) is 0.739. The van der Waals surface area contributed by atoms with Crippen LogP contribution in [0.15, 0.2) is 84.9 Å². The Morgan fingerprint density at radius 1 is 0.806 bits per heavy atom. The number of benzene rings is 3. The number of carbonyl (C=O) groups excluding carboxylic acids is 3. The first kappa shape index (κ1) is 25.0. The highest BCUT2D eigenvalue weighted by atomic mass is 16.2. The van der Waals surface area contributed by atoms with Crippen LogP contribution in [0.25, 0.3) is 0 Å². The van der Waals surface area contributed by atoms with Gasteiger partial charge in [0.2, 0.25) is 5.91 Å². The molecule has 0 bridgehead atoms. The zero-order chi connectivity index (χ0) is 25.7. The molecule has 36 heavy (non-hydrogen) atoms. The predicted molar refractivity (Wildman–Crippen MR) is 138 cm³/mol. The Balaban J connectivity index is 1.85. The number of piperidine rings is 1. The lowest BCUT2D eigenvalue weighted by Crippen LogP contribution is -2.52. The highest BCUT2D eigenvalue weighted by Gasteiger charge is 2.45. The number of likely N-dealkylation sites (tertiary alicyclic amines) is 1. The molecule has 0 saturated carbocycles. The molecule has 0 N–H and O–H groups in total. The van der Waals surface area contributed by atoms with Crippen molar-refractivity contribution in [3.63, 3.8) is 0 Å². The standard InChI is InChI=1S/C30H29N3O3/c1-32(2)27(34)20-33-18-25(29(35)21-11-5-3-6-12-21)28(24-16-10-9-15-23(24)17-31)26(19-33)30(36)22-13-7-4-8-14-22/h3-16,25-26,28H,18-20H2,1-2H3/t25-,26-/m0/s1. The van der Waals surface area contributed by atoms with Crippen molar-refractivity contribution in [2.75, 3.05) is 33.7 Å². The number of likely N-dealkylation sites (N-methyl/N-ethyl adjacent to an activating group) is 1. The van der Waals surface area contributed by atoms with Crippen LogP contribution >= 0.6 is 0 Å². The van der Waals surface area contributed by atoms with E-state index < -0.39 is 17.8 Å². The number of Topliss-reactive ketones (excluding diaryl/α,β-unsaturated/α-hetero) is 2. The third kappa shape index (κ3) is 5.27. The molecule has 0 spiro atoms. The van der Waals surface area contributed by atoms with Crippen molar-refractivity contribution in [3.8, 4) is 6.07 Å². The third-order valence-corrected chi connectivity index (χ3v) is 6.86. The first-order valence-corrected chi connectivity index (χ1v) is 12.0. The van der Waals surface area contributed by atoms with Crippen LogP contribution in [-0.2, 0) is 4.79 Å². The van der Waals surface area contributed by atoms with Gasteiger partial charge in [0, 0.05) is 56.1 Å². The number of rotatable bonds is 7. The zero-order valence-corrected chi connectivity index (χ0v) is 20.5. The lowest BCUT2D eigenvalue weighted by molar-refractivity contribution is -0.130. The summed E-state index contributed by atoms with van der Waals surface area (Å²) in [7, 11) is 3.38. The Kier molecular flexibility index (Phi) is 7.72. The fourth-order valence-corrected chi connectivity index (χ4v) is 5.05. The first-order chi connectivity index (χ1) is 17.4. The van der Waals surface area contributed by atoms with Gasteiger partial charge in [-0.05, 0) is 11.6 Å². The van der Waals surface area contributed by atoms with Crippen molar-refractivity contribution in [3.05, 3.63) is 107 Å². The van der Waals surface area contributed by atoms with Crippen molar-refractivity contribution in [2.45, 2.75) is 5.92 Å². The molecule has 0 aromatic heterocycles. The van der Waals surface area contributed by atoms with E-state index in [1.54, 1.807) is 50.5 Å². The second-order valence-electron chi connectivity index (χ2n) is 9.38. The molecule has 1 aliphatic rings. The van der Waals surface area contributed by atoms with Crippen LogP contribution < -0.4 is 0 Å². The SMILES string of the molecule is CN(C)C(=O)CN1C[C@H](C(=O)c2ccccc2)C(c2ccccc2C#N)[C@@H](C(=O)c2ccccc2)C1. The van der Waals surface area contributed by atoms with Crippen LogP contribution in [0.5, 0.6) is 0 Å². The monoisotopic (exact) mass is 479 g/mol. The smallest absolute Gasteiger partial charge is 0.236 e. The van der Waals surface area contributed by atoms with E-state index in [0.29, 0.717) is 35.3 Å². The van der Waals surface area contributed by atoms with Gasteiger partial charge in [-0.1, -0.05) is 78.9 Å². The highest BCUT2D eigenvalue weighted by Crippen LogP contribution is 2.42. The topological polar surface area (TPSA) is 81.5 Å². The molecule has 2 atom stereocenters. The molecule has 3 aromatic carbocycles. The molecular formula is C30H29N3O3. The number of hydrogen-bond acceptors (Lipinski definition) is 5. The van der Waals surface area contributed by atoms with Crippen molar-refractivity contribution >= 4 is 17.5 Å². The normalized spacial score (nSPS) is 18.2. The quantitative estimate of drug-likeness (QED) is 0.478. The van der Waals surface area contributed by atoms with Gasteiger partial charge in [0.15, 0.2) is 11.6 Å². The van der Waals surface area contributed by atoms with E-state index >= 15 is 0 Å². The summed E-state index contributed by atoms with van der Waals surface area (Å²) in [4.78, 5) is 43.9. The molecule has 0 unspecified atom stereocenters. The minimum absolute atomic E-state index is 0.0947. The minimum atomic E-state index is -0.608. The van der Waals surface area contributed by atoms with Gasteiger partial charge in [0.25, 0.3) is 0 Å². The highest BCUT2D eigenvalue weighted by molar-refractivity contribution is 6.02. The number of hydrogen-bond donors (Lipinski definition) is 0. The molecule has 1 saturated heterocycles. The minimum Gasteiger partial charge on any atom is -0.348 e. The molecule has 1 heterocycles. The number of ketones is 2. The number of nitrogens with zero attached hydrogens (tertiary/aromatic N) is 3. The summed E-state index contributed by atoms with van der Waals surface area (Å²) in [5.74, 6) is -2.01. The van der Waals surface area contributed by atoms with E-state index in [1.807, 2.05) is 53.4 Å². The number of carbonyl (C=O) groups is 3. The zero-order valence-electron chi connectivity index (χ0n) is 20.5. The molecule has 6 heteroatoms. The molecule has 6 nitrogen and oxygen atoms in total. The Labute approximate surface area is 211 Å². The summed E-state index contributed by atoms with van der Waals surface area (Å²) in [5.41, 5.74) is 2.25. The lowest BCUT2D eigenvalue weighted by atomic mass is 9.68. The van der Waals surface area contributed by atoms with Crippen LogP contribution in [0, 0.1) is 23.2 Å². The molecule has 3 aromatic rings. The Bertz CT molecular complexity index is 1220. The molecule has 0 radical (unpaired) electrons. The van der Waals surface area contributed by atoms with Gasteiger partial charge < -0.3 is 4.90 Å². The molecular weight excluding hydrogens is 450 g/mol. The molecule has 1 amide bonds. The summed E-state index contributed by atoms with van der Waals surface area (Å²) < 4.78 is 0. The van der Waals surface area contributed by atoms with Crippen LogP contribution in [-0.4, -0.2) is 61.0 Å². The lowest BCUT2D eigenvalue weighted by Gasteiger charge is -2.43. The maximum Gasteiger partial charge on any atom is 0.236 e. The predicted octanol–water partition coefficient (Wildman–Crippen LogP) is 4.04. The second-order valence-corrected chi connectivity index (χ2v) is 9.38. The van der Waals surface area contributed by atoms with Crippen molar-refractivity contribution in [2.24, 2.45) is 11.8 Å². The number of amides is 1. The molecule has 182 valence electrons. The van der Waals surface area contributed by atoms with Crippen molar-refractivity contribution < 1.29 is 14.4 Å². The number of nitriles is 1. The Morgan fingerprint density at radius 2 is 1.28 bits per heavy atom. The summed E-state index contributed by atoms with van der Waals surface area (Å²) in [6, 6.07) is 27.5. The van der Waals surface area contributed by atoms with Gasteiger partial charge >= 0.3 is 0 Å². The van der Waals surface area contributed by atoms with Gasteiger partial charge in [-0.3, -0.25) is 19.3 Å². The maximum absolute atomic E-state index is 13.9. The van der Waals surface area contributed by atoms with Crippen molar-refractivity contribution in [1.29, 1.82) is 5.26 Å². The maximum atomic E-state index is 13.9. The van der Waals surface area contributed by atoms with Gasteiger partial charge in [-0.25, -0.2) is 0 Å². The Morgan fingerprint density at radius 3 is 1.75 bits per heavy atom. The fourth-order valence-electron chi connectivity index (χ4n) is 5.05. The van der Waals surface area contributed by atoms with Crippen LogP contribution in [0.3, 0.4) is 0 Å². The van der Waals surface area contributed by atoms with E-state index in [9.17, 15) is 19.6 Å². The first-order valence-electron chi connectivity index (χ1n) is 12.0. The second kappa shape index (κ2) is 11.1. The molecule has 4 rings (SSSR count). The molecule has 0 aliphatic carbocycles. The summed E-state index contributed by atoms with van der Waals surface area (Å²) in [5, 5.41) is 9.88. The largest absolute Gasteiger partial charge is 0.348 e. The average molecular weight is 480 g/mol. The summed E-state index contributed by atoms with van der Waals surface area (Å²) >= 11 is 0. The van der Waals surface area contributed by atoms with Crippen molar-refractivity contribution in [1.82, 2.24) is 9.80 Å². The summed E-state index contributed by atoms with van der Waals surface area (Å²) in [6.07, 6.45) is 0. The van der Waals surface area contributed by atoms with E-state index in [-0.39, 0.29) is 24.0 Å². The van der Waals surface area contributed by atoms with Crippen LogP contribution in [0.4, 0.5) is 0 Å². The Hall–Kier alpha value is -4.08.